The van der Waals surface area contributed by atoms with Crippen molar-refractivity contribution in [1.82, 2.24) is 4.98 Å². The van der Waals surface area contributed by atoms with Crippen LogP contribution in [0.1, 0.15) is 26.5 Å². The van der Waals surface area contributed by atoms with Gasteiger partial charge in [-0.05, 0) is 56.2 Å². The Morgan fingerprint density at radius 2 is 1.71 bits per heavy atom. The first kappa shape index (κ1) is 19.9. The molecular formula is C20H19ClN4O2S. The third-order valence-corrected chi connectivity index (χ3v) is 5.41. The summed E-state index contributed by atoms with van der Waals surface area (Å²) >= 11 is 7.20. The van der Waals surface area contributed by atoms with E-state index in [-0.39, 0.29) is 5.91 Å². The van der Waals surface area contributed by atoms with Gasteiger partial charge in [-0.2, -0.15) is 0 Å². The Morgan fingerprint density at radius 1 is 0.964 bits per heavy atom. The van der Waals surface area contributed by atoms with Crippen LogP contribution in [0.3, 0.4) is 0 Å². The number of carbonyl (C=O) groups is 2. The largest absolute Gasteiger partial charge is 0.325 e. The molecule has 3 aromatic rings. The fourth-order valence-corrected chi connectivity index (χ4v) is 3.54. The Hall–Kier alpha value is -2.90. The molecule has 0 radical (unpaired) electrons. The van der Waals surface area contributed by atoms with Gasteiger partial charge < -0.3 is 10.6 Å². The van der Waals surface area contributed by atoms with E-state index in [0.717, 1.165) is 22.5 Å². The summed E-state index contributed by atoms with van der Waals surface area (Å²) in [6.07, 6.45) is 0. The molecular weight excluding hydrogens is 396 g/mol. The lowest BCUT2D eigenvalue weighted by atomic mass is 10.2. The number of urea groups is 1. The van der Waals surface area contributed by atoms with Gasteiger partial charge in [-0.1, -0.05) is 41.1 Å². The number of halogens is 1. The summed E-state index contributed by atoms with van der Waals surface area (Å²) in [6.45, 7) is 5.55. The molecule has 3 rings (SSSR count). The van der Waals surface area contributed by atoms with Gasteiger partial charge in [-0.3, -0.25) is 10.1 Å². The third-order valence-electron chi connectivity index (χ3n) is 3.93. The Kier molecular flexibility index (Phi) is 5.96. The van der Waals surface area contributed by atoms with E-state index in [1.807, 2.05) is 38.1 Å². The van der Waals surface area contributed by atoms with Crippen LogP contribution in [0.5, 0.6) is 0 Å². The number of nitrogens with one attached hydrogen (secondary N) is 3. The van der Waals surface area contributed by atoms with Gasteiger partial charge in [0.25, 0.3) is 5.91 Å². The number of hydrogen-bond acceptors (Lipinski definition) is 4. The molecule has 0 aliphatic carbocycles. The number of anilines is 3. The fraction of sp³-hybridized carbons (Fsp3) is 0.150. The van der Waals surface area contributed by atoms with Gasteiger partial charge in [0.2, 0.25) is 0 Å². The summed E-state index contributed by atoms with van der Waals surface area (Å²) < 4.78 is 0. The van der Waals surface area contributed by atoms with E-state index < -0.39 is 6.03 Å². The molecule has 1 heterocycles. The molecule has 0 spiro atoms. The van der Waals surface area contributed by atoms with Gasteiger partial charge in [-0.15, -0.1) is 0 Å². The minimum Gasteiger partial charge on any atom is -0.321 e. The number of nitrogens with zero attached hydrogens (tertiary/aromatic N) is 1. The molecule has 0 bridgehead atoms. The number of hydrogen-bond donors (Lipinski definition) is 3. The average molecular weight is 415 g/mol. The standard InChI is InChI=1S/C20H19ClN4O2S/c1-11-5-4-6-14(9-11)24-19(27)25-20-22-13(3)17(28-20)18(26)23-15-8-7-12(2)16(21)10-15/h4-10H,1-3H3,(H,23,26)(H2,22,24,25,27). The molecule has 6 nitrogen and oxygen atoms in total. The molecule has 0 aliphatic rings. The van der Waals surface area contributed by atoms with Crippen LogP contribution in [0.4, 0.5) is 21.3 Å². The molecule has 0 aliphatic heterocycles. The van der Waals surface area contributed by atoms with Crippen LogP contribution in [0.2, 0.25) is 5.02 Å². The van der Waals surface area contributed by atoms with Crippen LogP contribution in [0.25, 0.3) is 0 Å². The van der Waals surface area contributed by atoms with E-state index in [9.17, 15) is 9.59 Å². The van der Waals surface area contributed by atoms with Crippen LogP contribution >= 0.6 is 22.9 Å². The first-order valence-corrected chi connectivity index (χ1v) is 9.71. The van der Waals surface area contributed by atoms with Crippen molar-refractivity contribution >= 4 is 51.4 Å². The molecule has 0 atom stereocenters. The predicted octanol–water partition coefficient (Wildman–Crippen LogP) is 5.62. The maximum atomic E-state index is 12.5. The van der Waals surface area contributed by atoms with Crippen molar-refractivity contribution in [3.8, 4) is 0 Å². The highest BCUT2D eigenvalue weighted by Gasteiger charge is 2.17. The van der Waals surface area contributed by atoms with Crippen molar-refractivity contribution < 1.29 is 9.59 Å². The topological polar surface area (TPSA) is 83.1 Å². The van der Waals surface area contributed by atoms with E-state index in [4.69, 9.17) is 11.6 Å². The first-order valence-electron chi connectivity index (χ1n) is 8.51. The van der Waals surface area contributed by atoms with E-state index >= 15 is 0 Å². The fourth-order valence-electron chi connectivity index (χ4n) is 2.50. The molecule has 3 N–H and O–H groups in total. The Morgan fingerprint density at radius 3 is 2.43 bits per heavy atom. The highest BCUT2D eigenvalue weighted by Crippen LogP contribution is 2.25. The highest BCUT2D eigenvalue weighted by atomic mass is 35.5. The van der Waals surface area contributed by atoms with Crippen molar-refractivity contribution in [2.45, 2.75) is 20.8 Å². The number of carbonyl (C=O) groups excluding carboxylic acids is 2. The van der Waals surface area contributed by atoms with Crippen LogP contribution in [-0.2, 0) is 0 Å². The molecule has 0 saturated carbocycles. The average Bonchev–Trinajstić information content (AvgIpc) is 2.98. The summed E-state index contributed by atoms with van der Waals surface area (Å²) in [5.41, 5.74) is 3.78. The minimum atomic E-state index is -0.420. The molecule has 0 saturated heterocycles. The van der Waals surface area contributed by atoms with Gasteiger partial charge in [0.1, 0.15) is 4.88 Å². The summed E-state index contributed by atoms with van der Waals surface area (Å²) in [5.74, 6) is -0.304. The second-order valence-corrected chi connectivity index (χ2v) is 7.71. The van der Waals surface area contributed by atoms with Gasteiger partial charge in [-0.25, -0.2) is 9.78 Å². The molecule has 28 heavy (non-hydrogen) atoms. The monoisotopic (exact) mass is 414 g/mol. The maximum Gasteiger partial charge on any atom is 0.325 e. The highest BCUT2D eigenvalue weighted by molar-refractivity contribution is 7.17. The van der Waals surface area contributed by atoms with Gasteiger partial charge in [0, 0.05) is 16.4 Å². The van der Waals surface area contributed by atoms with E-state index in [1.165, 1.54) is 0 Å². The van der Waals surface area contributed by atoms with Crippen LogP contribution < -0.4 is 16.0 Å². The van der Waals surface area contributed by atoms with E-state index in [2.05, 4.69) is 20.9 Å². The molecule has 3 amide bonds. The molecule has 2 aromatic carbocycles. The summed E-state index contributed by atoms with van der Waals surface area (Å²) in [7, 11) is 0. The van der Waals surface area contributed by atoms with Gasteiger partial charge >= 0.3 is 6.03 Å². The van der Waals surface area contributed by atoms with Crippen molar-refractivity contribution in [3.63, 3.8) is 0 Å². The quantitative estimate of drug-likeness (QED) is 0.518. The minimum absolute atomic E-state index is 0.304. The van der Waals surface area contributed by atoms with Gasteiger partial charge in [0.15, 0.2) is 5.13 Å². The Balaban J connectivity index is 1.67. The molecule has 0 fully saturated rings. The van der Waals surface area contributed by atoms with Crippen molar-refractivity contribution in [2.75, 3.05) is 16.0 Å². The summed E-state index contributed by atoms with van der Waals surface area (Å²) in [6, 6.07) is 12.3. The van der Waals surface area contributed by atoms with Crippen molar-refractivity contribution in [1.29, 1.82) is 0 Å². The lowest BCUT2D eigenvalue weighted by molar-refractivity contribution is 0.103. The zero-order valence-electron chi connectivity index (χ0n) is 15.6. The van der Waals surface area contributed by atoms with Crippen LogP contribution in [0.15, 0.2) is 42.5 Å². The number of rotatable bonds is 4. The first-order chi connectivity index (χ1) is 13.3. The predicted molar refractivity (Wildman–Crippen MR) is 115 cm³/mol. The molecule has 8 heteroatoms. The number of aryl methyl sites for hydroxylation is 3. The number of amides is 3. The van der Waals surface area contributed by atoms with E-state index in [0.29, 0.717) is 32.1 Å². The van der Waals surface area contributed by atoms with Crippen molar-refractivity contribution in [3.05, 3.63) is 69.2 Å². The van der Waals surface area contributed by atoms with E-state index in [1.54, 1.807) is 25.1 Å². The zero-order valence-corrected chi connectivity index (χ0v) is 17.2. The summed E-state index contributed by atoms with van der Waals surface area (Å²) in [5, 5.41) is 9.12. The summed E-state index contributed by atoms with van der Waals surface area (Å²) in [4.78, 5) is 29.4. The van der Waals surface area contributed by atoms with Crippen molar-refractivity contribution in [2.24, 2.45) is 0 Å². The second kappa shape index (κ2) is 8.41. The lowest BCUT2D eigenvalue weighted by Crippen LogP contribution is -2.19. The SMILES string of the molecule is Cc1cccc(NC(=O)Nc2nc(C)c(C(=O)Nc3ccc(C)c(Cl)c3)s2)c1. The normalized spacial score (nSPS) is 10.4. The number of thiazole rings is 1. The van der Waals surface area contributed by atoms with Crippen LogP contribution in [0, 0.1) is 20.8 Å². The number of benzene rings is 2. The Labute approximate surface area is 172 Å². The second-order valence-electron chi connectivity index (χ2n) is 6.30. The maximum absolute atomic E-state index is 12.5. The molecule has 144 valence electrons. The lowest BCUT2D eigenvalue weighted by Gasteiger charge is -2.06. The smallest absolute Gasteiger partial charge is 0.321 e. The van der Waals surface area contributed by atoms with Crippen LogP contribution in [-0.4, -0.2) is 16.9 Å². The third kappa shape index (κ3) is 4.88. The van der Waals surface area contributed by atoms with Gasteiger partial charge in [0.05, 0.1) is 5.69 Å². The molecule has 1 aromatic heterocycles. The Bertz CT molecular complexity index is 1050. The zero-order chi connectivity index (χ0) is 20.3. The molecule has 0 unspecified atom stereocenters. The number of aromatic nitrogens is 1.